The second-order valence-corrected chi connectivity index (χ2v) is 6.64. The molecule has 0 unspecified atom stereocenters. The quantitative estimate of drug-likeness (QED) is 0.703. The van der Waals surface area contributed by atoms with Crippen LogP contribution in [0.25, 0.3) is 0 Å². The third kappa shape index (κ3) is 4.04. The Kier molecular flexibility index (Phi) is 5.01. The van der Waals surface area contributed by atoms with Gasteiger partial charge in [0.1, 0.15) is 6.54 Å². The molecule has 0 atom stereocenters. The van der Waals surface area contributed by atoms with E-state index >= 15 is 0 Å². The van der Waals surface area contributed by atoms with E-state index in [0.717, 1.165) is 11.1 Å². The first-order valence-electron chi connectivity index (χ1n) is 7.26. The predicted molar refractivity (Wildman–Crippen MR) is 96.1 cm³/mol. The van der Waals surface area contributed by atoms with E-state index in [-0.39, 0.29) is 12.5 Å². The minimum Gasteiger partial charge on any atom is -0.307 e. The summed E-state index contributed by atoms with van der Waals surface area (Å²) in [6.07, 6.45) is 5.32. The van der Waals surface area contributed by atoms with Crippen molar-refractivity contribution < 1.29 is 4.79 Å². The fourth-order valence-electron chi connectivity index (χ4n) is 2.24. The molecule has 0 spiro atoms. The Labute approximate surface area is 152 Å². The van der Waals surface area contributed by atoms with Crippen molar-refractivity contribution in [1.82, 2.24) is 19.6 Å². The highest BCUT2D eigenvalue weighted by molar-refractivity contribution is 9.10. The number of aryl methyl sites for hydroxylation is 1. The first-order chi connectivity index (χ1) is 11.5. The number of amides is 1. The Hall–Kier alpha value is -2.12. The van der Waals surface area contributed by atoms with Gasteiger partial charge < -0.3 is 5.32 Å². The summed E-state index contributed by atoms with van der Waals surface area (Å²) >= 11 is 9.58. The third-order valence-electron chi connectivity index (χ3n) is 3.33. The molecule has 3 rings (SSSR count). The maximum atomic E-state index is 12.1. The topological polar surface area (TPSA) is 64.7 Å². The molecule has 0 saturated heterocycles. The molecule has 0 aliphatic heterocycles. The van der Waals surface area contributed by atoms with Crippen molar-refractivity contribution in [3.8, 4) is 0 Å². The minimum absolute atomic E-state index is 0.137. The molecule has 1 amide bonds. The number of carbonyl (C=O) groups is 1. The number of hydrogen-bond acceptors (Lipinski definition) is 3. The molecular weight excluding hydrogens is 394 g/mol. The number of hydrogen-bond donors (Lipinski definition) is 1. The van der Waals surface area contributed by atoms with Crippen LogP contribution in [-0.2, 0) is 17.9 Å². The van der Waals surface area contributed by atoms with Crippen LogP contribution >= 0.6 is 27.5 Å². The van der Waals surface area contributed by atoms with E-state index < -0.39 is 0 Å². The summed E-state index contributed by atoms with van der Waals surface area (Å²) in [5, 5.41) is 11.9. The molecule has 0 aliphatic carbocycles. The molecule has 0 fully saturated rings. The van der Waals surface area contributed by atoms with Crippen molar-refractivity contribution in [1.29, 1.82) is 0 Å². The monoisotopic (exact) mass is 407 g/mol. The van der Waals surface area contributed by atoms with Gasteiger partial charge in [0.25, 0.3) is 0 Å². The third-order valence-corrected chi connectivity index (χ3v) is 4.28. The lowest BCUT2D eigenvalue weighted by Gasteiger charge is -2.04. The molecule has 3 aromatic rings. The van der Waals surface area contributed by atoms with Crippen molar-refractivity contribution in [2.24, 2.45) is 0 Å². The van der Waals surface area contributed by atoms with Crippen LogP contribution in [0.5, 0.6) is 0 Å². The summed E-state index contributed by atoms with van der Waals surface area (Å²) in [5.74, 6) is 0.276. The minimum atomic E-state index is -0.193. The molecule has 8 heteroatoms. The second-order valence-electron chi connectivity index (χ2n) is 5.38. The highest BCUT2D eigenvalue weighted by atomic mass is 79.9. The zero-order chi connectivity index (χ0) is 17.1. The summed E-state index contributed by atoms with van der Waals surface area (Å²) in [7, 11) is 0. The van der Waals surface area contributed by atoms with E-state index in [4.69, 9.17) is 11.6 Å². The van der Waals surface area contributed by atoms with Gasteiger partial charge in [-0.15, -0.1) is 0 Å². The van der Waals surface area contributed by atoms with Gasteiger partial charge in [-0.2, -0.15) is 10.2 Å². The fourth-order valence-corrected chi connectivity index (χ4v) is 2.85. The predicted octanol–water partition coefficient (Wildman–Crippen LogP) is 3.49. The zero-order valence-corrected chi connectivity index (χ0v) is 15.3. The van der Waals surface area contributed by atoms with Crippen LogP contribution in [0.2, 0.25) is 5.02 Å². The van der Waals surface area contributed by atoms with Crippen molar-refractivity contribution >= 4 is 39.3 Å². The van der Waals surface area contributed by atoms with Gasteiger partial charge in [0.15, 0.2) is 5.82 Å². The van der Waals surface area contributed by atoms with E-state index in [0.29, 0.717) is 21.9 Å². The molecule has 124 valence electrons. The number of anilines is 1. The number of halogens is 2. The van der Waals surface area contributed by atoms with Gasteiger partial charge in [0.2, 0.25) is 5.91 Å². The standard InChI is InChI=1S/C16H15BrClN5O/c1-11-6-19-22(7-11)10-15(24)20-16-13(17)9-23(21-16)8-12-4-2-3-5-14(12)18/h2-7,9H,8,10H2,1H3,(H,20,21,24). The van der Waals surface area contributed by atoms with E-state index in [2.05, 4.69) is 31.4 Å². The largest absolute Gasteiger partial charge is 0.307 e. The summed E-state index contributed by atoms with van der Waals surface area (Å²) in [5.41, 5.74) is 1.96. The Bertz CT molecular complexity index is 873. The maximum Gasteiger partial charge on any atom is 0.247 e. The second kappa shape index (κ2) is 7.19. The van der Waals surface area contributed by atoms with Gasteiger partial charge in [-0.1, -0.05) is 29.8 Å². The highest BCUT2D eigenvalue weighted by Gasteiger charge is 2.12. The first-order valence-corrected chi connectivity index (χ1v) is 8.43. The molecule has 6 nitrogen and oxygen atoms in total. The Morgan fingerprint density at radius 3 is 2.79 bits per heavy atom. The Morgan fingerprint density at radius 1 is 1.29 bits per heavy atom. The number of benzene rings is 1. The first kappa shape index (κ1) is 16.7. The summed E-state index contributed by atoms with van der Waals surface area (Å²) in [6.45, 7) is 2.58. The van der Waals surface area contributed by atoms with Gasteiger partial charge in [-0.25, -0.2) is 0 Å². The lowest BCUT2D eigenvalue weighted by Crippen LogP contribution is -2.19. The van der Waals surface area contributed by atoms with E-state index in [1.165, 1.54) is 0 Å². The van der Waals surface area contributed by atoms with Crippen LogP contribution in [0.4, 0.5) is 5.82 Å². The summed E-state index contributed by atoms with van der Waals surface area (Å²) in [6, 6.07) is 7.59. The number of carbonyl (C=O) groups excluding carboxylic acids is 1. The average Bonchev–Trinajstić information content (AvgIpc) is 3.08. The van der Waals surface area contributed by atoms with Crippen LogP contribution in [0, 0.1) is 6.92 Å². The zero-order valence-electron chi connectivity index (χ0n) is 12.9. The van der Waals surface area contributed by atoms with Crippen LogP contribution in [-0.4, -0.2) is 25.5 Å². The summed E-state index contributed by atoms with van der Waals surface area (Å²) in [4.78, 5) is 12.1. The lowest BCUT2D eigenvalue weighted by atomic mass is 10.2. The molecule has 0 aliphatic rings. The average molecular weight is 409 g/mol. The fraction of sp³-hybridized carbons (Fsp3) is 0.188. The molecule has 2 aromatic heterocycles. The van der Waals surface area contributed by atoms with Crippen LogP contribution in [0.15, 0.2) is 47.3 Å². The summed E-state index contributed by atoms with van der Waals surface area (Å²) < 4.78 is 4.01. The number of nitrogens with zero attached hydrogens (tertiary/aromatic N) is 4. The molecule has 2 heterocycles. The molecule has 0 bridgehead atoms. The van der Waals surface area contributed by atoms with Gasteiger partial charge in [-0.3, -0.25) is 14.2 Å². The van der Waals surface area contributed by atoms with Crippen molar-refractivity contribution in [3.05, 3.63) is 63.5 Å². The Morgan fingerprint density at radius 2 is 2.08 bits per heavy atom. The van der Waals surface area contributed by atoms with Crippen molar-refractivity contribution in [2.75, 3.05) is 5.32 Å². The number of aromatic nitrogens is 4. The molecule has 1 N–H and O–H groups in total. The Balaban J connectivity index is 1.67. The SMILES string of the molecule is Cc1cnn(CC(=O)Nc2nn(Cc3ccccc3Cl)cc2Br)c1. The van der Waals surface area contributed by atoms with E-state index in [1.807, 2.05) is 37.4 Å². The highest BCUT2D eigenvalue weighted by Crippen LogP contribution is 2.22. The molecule has 0 saturated carbocycles. The van der Waals surface area contributed by atoms with Gasteiger partial charge in [0.05, 0.1) is 17.2 Å². The number of nitrogens with one attached hydrogen (secondary N) is 1. The van der Waals surface area contributed by atoms with E-state index in [9.17, 15) is 4.79 Å². The smallest absolute Gasteiger partial charge is 0.247 e. The molecule has 0 radical (unpaired) electrons. The van der Waals surface area contributed by atoms with Gasteiger partial charge in [-0.05, 0) is 40.0 Å². The maximum absolute atomic E-state index is 12.1. The normalized spacial score (nSPS) is 10.8. The van der Waals surface area contributed by atoms with E-state index in [1.54, 1.807) is 21.8 Å². The molecular formula is C16H15BrClN5O. The molecule has 24 heavy (non-hydrogen) atoms. The lowest BCUT2D eigenvalue weighted by molar-refractivity contribution is -0.116. The number of rotatable bonds is 5. The molecule has 1 aromatic carbocycles. The van der Waals surface area contributed by atoms with Crippen molar-refractivity contribution in [2.45, 2.75) is 20.0 Å². The van der Waals surface area contributed by atoms with Crippen LogP contribution in [0.1, 0.15) is 11.1 Å². The van der Waals surface area contributed by atoms with Crippen LogP contribution < -0.4 is 5.32 Å². The van der Waals surface area contributed by atoms with Crippen molar-refractivity contribution in [3.63, 3.8) is 0 Å². The van der Waals surface area contributed by atoms with Gasteiger partial charge >= 0.3 is 0 Å². The van der Waals surface area contributed by atoms with Crippen LogP contribution in [0.3, 0.4) is 0 Å². The van der Waals surface area contributed by atoms with Gasteiger partial charge in [0, 0.05) is 17.4 Å².